The lowest BCUT2D eigenvalue weighted by Gasteiger charge is -2.07. The van der Waals surface area contributed by atoms with Gasteiger partial charge in [-0.2, -0.15) is 5.26 Å². The average molecular weight is 269 g/mol. The maximum atomic E-state index is 13.3. The molecule has 0 saturated carbocycles. The molecule has 3 nitrogen and oxygen atoms in total. The molecule has 1 heterocycles. The third-order valence-electron chi connectivity index (χ3n) is 2.65. The van der Waals surface area contributed by atoms with Gasteiger partial charge in [-0.05, 0) is 36.4 Å². The molecule has 0 aliphatic carbocycles. The molecule has 1 aromatic heterocycles. The van der Waals surface area contributed by atoms with Gasteiger partial charge in [0.1, 0.15) is 5.82 Å². The van der Waals surface area contributed by atoms with Gasteiger partial charge in [0.05, 0.1) is 27.4 Å². The van der Waals surface area contributed by atoms with Crippen molar-refractivity contribution < 1.29 is 4.39 Å². The normalized spacial score (nSPS) is 10.3. The van der Waals surface area contributed by atoms with Gasteiger partial charge in [0.25, 0.3) is 0 Å². The lowest BCUT2D eigenvalue weighted by atomic mass is 10.2. The Morgan fingerprint density at radius 1 is 1.16 bits per heavy atom. The third kappa shape index (κ3) is 2.39. The molecule has 3 aromatic rings. The maximum Gasteiger partial charge on any atom is 0.126 e. The Bertz CT molecular complexity index is 789. The summed E-state index contributed by atoms with van der Waals surface area (Å²) in [6.45, 7) is 0. The number of halogens is 1. The fourth-order valence-electron chi connectivity index (χ4n) is 1.83. The average Bonchev–Trinajstić information content (AvgIpc) is 2.85. The molecule has 0 amide bonds. The van der Waals surface area contributed by atoms with E-state index in [1.165, 1.54) is 12.1 Å². The highest BCUT2D eigenvalue weighted by atomic mass is 32.1. The fraction of sp³-hybridized carbons (Fsp3) is 0. The van der Waals surface area contributed by atoms with E-state index in [1.807, 2.05) is 24.3 Å². The van der Waals surface area contributed by atoms with Crippen LogP contribution >= 0.6 is 11.3 Å². The number of nitriles is 1. The van der Waals surface area contributed by atoms with Gasteiger partial charge >= 0.3 is 0 Å². The number of anilines is 2. The SMILES string of the molecule is N#Cc1cc(F)cc(Nc2ccc3ncsc3c2)c1. The number of fused-ring (bicyclic) bond motifs is 1. The second-order valence-corrected chi connectivity index (χ2v) is 4.89. The van der Waals surface area contributed by atoms with E-state index in [1.54, 1.807) is 22.9 Å². The minimum Gasteiger partial charge on any atom is -0.355 e. The molecule has 0 fully saturated rings. The van der Waals surface area contributed by atoms with Crippen molar-refractivity contribution in [1.29, 1.82) is 5.26 Å². The molecule has 0 saturated heterocycles. The van der Waals surface area contributed by atoms with Crippen LogP contribution in [0.15, 0.2) is 41.9 Å². The van der Waals surface area contributed by atoms with Crippen LogP contribution in [0.2, 0.25) is 0 Å². The zero-order chi connectivity index (χ0) is 13.2. The van der Waals surface area contributed by atoms with Gasteiger partial charge in [0.15, 0.2) is 0 Å². The minimum atomic E-state index is -0.430. The van der Waals surface area contributed by atoms with Crippen LogP contribution in [-0.4, -0.2) is 4.98 Å². The van der Waals surface area contributed by atoms with E-state index in [0.717, 1.165) is 15.9 Å². The summed E-state index contributed by atoms with van der Waals surface area (Å²) in [4.78, 5) is 4.20. The predicted octanol–water partition coefficient (Wildman–Crippen LogP) is 4.05. The topological polar surface area (TPSA) is 48.7 Å². The van der Waals surface area contributed by atoms with Crippen molar-refractivity contribution >= 4 is 32.9 Å². The highest BCUT2D eigenvalue weighted by Gasteiger charge is 2.03. The molecule has 0 atom stereocenters. The highest BCUT2D eigenvalue weighted by Crippen LogP contribution is 2.25. The number of aromatic nitrogens is 1. The fourth-order valence-corrected chi connectivity index (χ4v) is 2.54. The van der Waals surface area contributed by atoms with Crippen molar-refractivity contribution in [2.24, 2.45) is 0 Å². The number of nitrogens with one attached hydrogen (secondary N) is 1. The monoisotopic (exact) mass is 269 g/mol. The zero-order valence-corrected chi connectivity index (χ0v) is 10.5. The van der Waals surface area contributed by atoms with Crippen molar-refractivity contribution in [3.8, 4) is 6.07 Å². The maximum absolute atomic E-state index is 13.3. The summed E-state index contributed by atoms with van der Waals surface area (Å²) in [7, 11) is 0. The molecule has 5 heteroatoms. The molecule has 19 heavy (non-hydrogen) atoms. The van der Waals surface area contributed by atoms with Crippen molar-refractivity contribution in [2.75, 3.05) is 5.32 Å². The van der Waals surface area contributed by atoms with Crippen LogP contribution in [-0.2, 0) is 0 Å². The third-order valence-corrected chi connectivity index (χ3v) is 3.44. The molecule has 0 aliphatic rings. The first-order valence-electron chi connectivity index (χ1n) is 5.55. The van der Waals surface area contributed by atoms with Crippen LogP contribution in [0.25, 0.3) is 10.2 Å². The summed E-state index contributed by atoms with van der Waals surface area (Å²) in [5.41, 5.74) is 4.41. The molecule has 0 aliphatic heterocycles. The molecule has 92 valence electrons. The minimum absolute atomic E-state index is 0.293. The van der Waals surface area contributed by atoms with E-state index in [2.05, 4.69) is 10.3 Å². The number of hydrogen-bond acceptors (Lipinski definition) is 4. The number of thiazole rings is 1. The number of hydrogen-bond donors (Lipinski definition) is 1. The van der Waals surface area contributed by atoms with E-state index < -0.39 is 5.82 Å². The molecular weight excluding hydrogens is 261 g/mol. The lowest BCUT2D eigenvalue weighted by Crippen LogP contribution is -1.92. The van der Waals surface area contributed by atoms with Crippen molar-refractivity contribution in [3.05, 3.63) is 53.3 Å². The van der Waals surface area contributed by atoms with Crippen LogP contribution in [0, 0.1) is 17.1 Å². The summed E-state index contributed by atoms with van der Waals surface area (Å²) in [6, 6.07) is 11.8. The van der Waals surface area contributed by atoms with Crippen molar-refractivity contribution in [2.45, 2.75) is 0 Å². The Labute approximate surface area is 113 Å². The molecule has 2 aromatic carbocycles. The van der Waals surface area contributed by atoms with E-state index in [4.69, 9.17) is 5.26 Å². The zero-order valence-electron chi connectivity index (χ0n) is 9.72. The Balaban J connectivity index is 1.96. The van der Waals surface area contributed by atoms with Crippen molar-refractivity contribution in [3.63, 3.8) is 0 Å². The van der Waals surface area contributed by atoms with Gasteiger partial charge in [-0.15, -0.1) is 11.3 Å². The second-order valence-electron chi connectivity index (χ2n) is 4.00. The number of benzene rings is 2. The van der Waals surface area contributed by atoms with E-state index >= 15 is 0 Å². The van der Waals surface area contributed by atoms with E-state index in [-0.39, 0.29) is 0 Å². The Morgan fingerprint density at radius 3 is 2.89 bits per heavy atom. The van der Waals surface area contributed by atoms with E-state index in [0.29, 0.717) is 11.3 Å². The van der Waals surface area contributed by atoms with Crippen LogP contribution in [0.4, 0.5) is 15.8 Å². The quantitative estimate of drug-likeness (QED) is 0.763. The molecule has 3 rings (SSSR count). The van der Waals surface area contributed by atoms with Crippen LogP contribution < -0.4 is 5.32 Å². The second kappa shape index (κ2) is 4.67. The van der Waals surface area contributed by atoms with Gasteiger partial charge in [0, 0.05) is 11.4 Å². The summed E-state index contributed by atoms with van der Waals surface area (Å²) in [5, 5.41) is 11.9. The summed E-state index contributed by atoms with van der Waals surface area (Å²) in [6.07, 6.45) is 0. The van der Waals surface area contributed by atoms with Gasteiger partial charge in [-0.3, -0.25) is 0 Å². The molecule has 0 bridgehead atoms. The molecular formula is C14H8FN3S. The summed E-state index contributed by atoms with van der Waals surface area (Å²) >= 11 is 1.55. The summed E-state index contributed by atoms with van der Waals surface area (Å²) in [5.74, 6) is -0.430. The standard InChI is InChI=1S/C14H8FN3S/c15-10-3-9(7-16)4-12(5-10)18-11-1-2-13-14(6-11)19-8-17-13/h1-6,8,18H. The Morgan fingerprint density at radius 2 is 2.05 bits per heavy atom. The first-order chi connectivity index (χ1) is 9.24. The molecule has 0 spiro atoms. The Hall–Kier alpha value is -2.45. The van der Waals surface area contributed by atoms with Crippen molar-refractivity contribution in [1.82, 2.24) is 4.98 Å². The van der Waals surface area contributed by atoms with Gasteiger partial charge < -0.3 is 5.32 Å². The lowest BCUT2D eigenvalue weighted by molar-refractivity contribution is 0.628. The largest absolute Gasteiger partial charge is 0.355 e. The number of nitrogens with zero attached hydrogens (tertiary/aromatic N) is 2. The van der Waals surface area contributed by atoms with Gasteiger partial charge in [0.2, 0.25) is 0 Å². The highest BCUT2D eigenvalue weighted by molar-refractivity contribution is 7.16. The number of rotatable bonds is 2. The van der Waals surface area contributed by atoms with Crippen LogP contribution in [0.3, 0.4) is 0 Å². The van der Waals surface area contributed by atoms with E-state index in [9.17, 15) is 4.39 Å². The smallest absolute Gasteiger partial charge is 0.126 e. The van der Waals surface area contributed by atoms with Crippen LogP contribution in [0.5, 0.6) is 0 Å². The molecule has 1 N–H and O–H groups in total. The first kappa shape index (κ1) is 11.6. The molecule has 0 radical (unpaired) electrons. The van der Waals surface area contributed by atoms with Crippen LogP contribution in [0.1, 0.15) is 5.56 Å². The first-order valence-corrected chi connectivity index (χ1v) is 6.43. The predicted molar refractivity (Wildman–Crippen MR) is 74.0 cm³/mol. The van der Waals surface area contributed by atoms with Gasteiger partial charge in [-0.1, -0.05) is 0 Å². The summed E-state index contributed by atoms with van der Waals surface area (Å²) < 4.78 is 14.4. The van der Waals surface area contributed by atoms with Gasteiger partial charge in [-0.25, -0.2) is 9.37 Å². The molecule has 0 unspecified atom stereocenters. The Kier molecular flexibility index (Phi) is 2.86.